The van der Waals surface area contributed by atoms with Gasteiger partial charge in [0, 0.05) is 23.7 Å². The molecule has 2 aromatic carbocycles. The van der Waals surface area contributed by atoms with E-state index >= 15 is 0 Å². The van der Waals surface area contributed by atoms with Crippen LogP contribution in [0, 0.1) is 6.92 Å². The number of rotatable bonds is 7. The van der Waals surface area contributed by atoms with Crippen LogP contribution in [-0.4, -0.2) is 42.7 Å². The summed E-state index contributed by atoms with van der Waals surface area (Å²) in [6.07, 6.45) is 1.47. The molecule has 1 saturated heterocycles. The number of aryl methyl sites for hydroxylation is 1. The van der Waals surface area contributed by atoms with Gasteiger partial charge in [-0.2, -0.15) is 5.10 Å². The number of amidine groups is 1. The van der Waals surface area contributed by atoms with Crippen molar-refractivity contribution in [3.05, 3.63) is 52.5 Å². The zero-order valence-corrected chi connectivity index (χ0v) is 18.7. The smallest absolute Gasteiger partial charge is 0.240 e. The molecular weight excluding hydrogens is 440 g/mol. The largest absolute Gasteiger partial charge is 0.493 e. The summed E-state index contributed by atoms with van der Waals surface area (Å²) < 4.78 is 10.4. The van der Waals surface area contributed by atoms with Gasteiger partial charge in [-0.25, -0.2) is 0 Å². The SMILES string of the molecule is COc1cc(Cl)c(/C=N/N=C2/NC(=O)C(CC(=O)Nc3ccc(C)cc3)S2)cc1OC. The lowest BCUT2D eigenvalue weighted by Crippen LogP contribution is -2.28. The van der Waals surface area contributed by atoms with Gasteiger partial charge in [0.15, 0.2) is 16.7 Å². The first kappa shape index (κ1) is 22.6. The van der Waals surface area contributed by atoms with Crippen LogP contribution in [0.25, 0.3) is 0 Å². The molecule has 1 unspecified atom stereocenters. The number of anilines is 1. The highest BCUT2D eigenvalue weighted by Crippen LogP contribution is 2.32. The summed E-state index contributed by atoms with van der Waals surface area (Å²) in [6.45, 7) is 1.97. The van der Waals surface area contributed by atoms with Crippen molar-refractivity contribution in [2.45, 2.75) is 18.6 Å². The van der Waals surface area contributed by atoms with E-state index in [1.807, 2.05) is 31.2 Å². The Balaban J connectivity index is 1.60. The Kier molecular flexibility index (Phi) is 7.54. The van der Waals surface area contributed by atoms with Gasteiger partial charge in [0.2, 0.25) is 11.8 Å². The van der Waals surface area contributed by atoms with E-state index in [0.29, 0.717) is 32.9 Å². The van der Waals surface area contributed by atoms with Crippen LogP contribution < -0.4 is 20.1 Å². The number of amides is 2. The Labute approximate surface area is 189 Å². The van der Waals surface area contributed by atoms with E-state index in [-0.39, 0.29) is 18.2 Å². The predicted molar refractivity (Wildman–Crippen MR) is 124 cm³/mol. The minimum absolute atomic E-state index is 0.0224. The highest BCUT2D eigenvalue weighted by atomic mass is 35.5. The summed E-state index contributed by atoms with van der Waals surface area (Å²) in [4.78, 5) is 24.4. The zero-order valence-electron chi connectivity index (χ0n) is 17.1. The minimum Gasteiger partial charge on any atom is -0.493 e. The average Bonchev–Trinajstić information content (AvgIpc) is 3.09. The Bertz CT molecular complexity index is 1040. The Morgan fingerprint density at radius 2 is 1.90 bits per heavy atom. The van der Waals surface area contributed by atoms with Crippen molar-refractivity contribution >= 4 is 52.2 Å². The lowest BCUT2D eigenvalue weighted by molar-refractivity contribution is -0.122. The number of benzene rings is 2. The summed E-state index contributed by atoms with van der Waals surface area (Å²) in [5.74, 6) is 0.464. The molecule has 2 aromatic rings. The average molecular weight is 461 g/mol. The molecule has 8 nitrogen and oxygen atoms in total. The lowest BCUT2D eigenvalue weighted by Gasteiger charge is -2.09. The van der Waals surface area contributed by atoms with Gasteiger partial charge in [0.05, 0.1) is 25.5 Å². The Morgan fingerprint density at radius 3 is 2.58 bits per heavy atom. The number of carbonyl (C=O) groups excluding carboxylic acids is 2. The van der Waals surface area contributed by atoms with Crippen LogP contribution in [0.4, 0.5) is 5.69 Å². The number of ether oxygens (including phenoxy) is 2. The third-order valence-electron chi connectivity index (χ3n) is 4.33. The van der Waals surface area contributed by atoms with Crippen LogP contribution in [0.15, 0.2) is 46.6 Å². The molecule has 0 aliphatic carbocycles. The molecule has 0 bridgehead atoms. The van der Waals surface area contributed by atoms with E-state index in [1.165, 1.54) is 20.4 Å². The van der Waals surface area contributed by atoms with E-state index in [1.54, 1.807) is 12.1 Å². The predicted octanol–water partition coefficient (Wildman–Crippen LogP) is 3.62. The number of methoxy groups -OCH3 is 2. The summed E-state index contributed by atoms with van der Waals surface area (Å²) in [5, 5.41) is 13.6. The molecule has 10 heteroatoms. The van der Waals surface area contributed by atoms with Crippen LogP contribution in [-0.2, 0) is 9.59 Å². The number of hydrogen-bond donors (Lipinski definition) is 2. The molecule has 1 aliphatic rings. The number of carbonyl (C=O) groups is 2. The Hall–Kier alpha value is -3.04. The maximum atomic E-state index is 12.2. The molecule has 162 valence electrons. The standard InChI is InChI=1S/C21H21ClN4O4S/c1-12-4-6-14(7-5-12)24-19(27)10-18-20(28)25-21(31-18)26-23-11-13-8-16(29-2)17(30-3)9-15(13)22/h4-9,11,18H,10H2,1-3H3,(H,24,27)(H,25,26,28)/b23-11+. The summed E-state index contributed by atoms with van der Waals surface area (Å²) >= 11 is 7.37. The van der Waals surface area contributed by atoms with Gasteiger partial charge < -0.3 is 20.1 Å². The molecule has 1 fully saturated rings. The van der Waals surface area contributed by atoms with E-state index < -0.39 is 5.25 Å². The quantitative estimate of drug-likeness (QED) is 0.485. The van der Waals surface area contributed by atoms with Crippen molar-refractivity contribution in [3.8, 4) is 11.5 Å². The van der Waals surface area contributed by atoms with Gasteiger partial charge in [-0.05, 0) is 25.1 Å². The van der Waals surface area contributed by atoms with Crippen LogP contribution in [0.2, 0.25) is 5.02 Å². The normalized spacial score (nSPS) is 17.1. The molecule has 0 aromatic heterocycles. The van der Waals surface area contributed by atoms with Crippen LogP contribution in [0.5, 0.6) is 11.5 Å². The molecule has 1 heterocycles. The first-order valence-corrected chi connectivity index (χ1v) is 10.5. The number of halogens is 1. The van der Waals surface area contributed by atoms with Crippen molar-refractivity contribution in [3.63, 3.8) is 0 Å². The van der Waals surface area contributed by atoms with Gasteiger partial charge in [0.1, 0.15) is 5.25 Å². The van der Waals surface area contributed by atoms with Crippen molar-refractivity contribution in [1.29, 1.82) is 0 Å². The molecule has 2 N–H and O–H groups in total. The van der Waals surface area contributed by atoms with Crippen molar-refractivity contribution in [2.24, 2.45) is 10.2 Å². The Morgan fingerprint density at radius 1 is 1.23 bits per heavy atom. The number of hydrogen-bond acceptors (Lipinski definition) is 7. The fraction of sp³-hybridized carbons (Fsp3) is 0.238. The van der Waals surface area contributed by atoms with Gasteiger partial charge >= 0.3 is 0 Å². The first-order valence-electron chi connectivity index (χ1n) is 9.26. The molecular formula is C21H21ClN4O4S. The van der Waals surface area contributed by atoms with Crippen molar-refractivity contribution in [1.82, 2.24) is 5.32 Å². The topological polar surface area (TPSA) is 101 Å². The maximum absolute atomic E-state index is 12.2. The fourth-order valence-electron chi connectivity index (χ4n) is 2.72. The highest BCUT2D eigenvalue weighted by Gasteiger charge is 2.32. The fourth-order valence-corrected chi connectivity index (χ4v) is 3.84. The molecule has 31 heavy (non-hydrogen) atoms. The van der Waals surface area contributed by atoms with E-state index in [2.05, 4.69) is 20.8 Å². The van der Waals surface area contributed by atoms with Gasteiger partial charge in [-0.1, -0.05) is 41.1 Å². The van der Waals surface area contributed by atoms with Crippen molar-refractivity contribution in [2.75, 3.05) is 19.5 Å². The molecule has 1 atom stereocenters. The van der Waals surface area contributed by atoms with E-state index in [0.717, 1.165) is 17.3 Å². The van der Waals surface area contributed by atoms with E-state index in [4.69, 9.17) is 21.1 Å². The number of nitrogens with zero attached hydrogens (tertiary/aromatic N) is 2. The monoisotopic (exact) mass is 460 g/mol. The van der Waals surface area contributed by atoms with Gasteiger partial charge in [0.25, 0.3) is 0 Å². The maximum Gasteiger partial charge on any atom is 0.240 e. The molecule has 0 saturated carbocycles. The third kappa shape index (κ3) is 5.99. The summed E-state index contributed by atoms with van der Waals surface area (Å²) in [5.41, 5.74) is 2.36. The minimum atomic E-state index is -0.580. The second-order valence-corrected chi connectivity index (χ2v) is 8.19. The molecule has 0 spiro atoms. The number of thioether (sulfide) groups is 1. The second-order valence-electron chi connectivity index (χ2n) is 6.59. The lowest BCUT2D eigenvalue weighted by atomic mass is 10.2. The molecule has 1 aliphatic heterocycles. The van der Waals surface area contributed by atoms with Crippen molar-refractivity contribution < 1.29 is 19.1 Å². The van der Waals surface area contributed by atoms with Gasteiger partial charge in [-0.15, -0.1) is 5.10 Å². The third-order valence-corrected chi connectivity index (χ3v) is 5.73. The van der Waals surface area contributed by atoms with Crippen LogP contribution >= 0.6 is 23.4 Å². The summed E-state index contributed by atoms with van der Waals surface area (Å²) in [6, 6.07) is 10.7. The van der Waals surface area contributed by atoms with E-state index in [9.17, 15) is 9.59 Å². The van der Waals surface area contributed by atoms with Crippen LogP contribution in [0.3, 0.4) is 0 Å². The second kappa shape index (κ2) is 10.3. The van der Waals surface area contributed by atoms with Crippen LogP contribution in [0.1, 0.15) is 17.5 Å². The molecule has 0 radical (unpaired) electrons. The highest BCUT2D eigenvalue weighted by molar-refractivity contribution is 8.15. The molecule has 2 amide bonds. The van der Waals surface area contributed by atoms with Gasteiger partial charge in [-0.3, -0.25) is 9.59 Å². The number of nitrogens with one attached hydrogen (secondary N) is 2. The molecule has 3 rings (SSSR count). The zero-order chi connectivity index (χ0) is 22.4. The summed E-state index contributed by atoms with van der Waals surface area (Å²) in [7, 11) is 3.04. The first-order chi connectivity index (χ1) is 14.9.